The van der Waals surface area contributed by atoms with E-state index in [4.69, 9.17) is 23.4 Å². The quantitative estimate of drug-likeness (QED) is 0.454. The van der Waals surface area contributed by atoms with Crippen molar-refractivity contribution in [2.45, 2.75) is 38.2 Å². The zero-order valence-corrected chi connectivity index (χ0v) is 21.1. The smallest absolute Gasteiger partial charge is 0.337 e. The van der Waals surface area contributed by atoms with E-state index in [9.17, 15) is 9.59 Å². The average molecular weight is 514 g/mol. The molecule has 2 aromatic carbocycles. The number of benzene rings is 2. The normalized spacial score (nSPS) is 20.2. The predicted molar refractivity (Wildman–Crippen MR) is 137 cm³/mol. The van der Waals surface area contributed by atoms with Gasteiger partial charge in [-0.1, -0.05) is 18.2 Å². The highest BCUT2D eigenvalue weighted by molar-refractivity contribution is 6.04. The van der Waals surface area contributed by atoms with E-state index in [0.717, 1.165) is 28.3 Å². The first kappa shape index (κ1) is 23.9. The number of furan rings is 1. The Morgan fingerprint density at radius 1 is 1.05 bits per heavy atom. The summed E-state index contributed by atoms with van der Waals surface area (Å²) >= 11 is 0. The number of hydrogen-bond donors (Lipinski definition) is 1. The molecular formula is C30H27NO7. The van der Waals surface area contributed by atoms with Crippen LogP contribution in [-0.2, 0) is 20.9 Å². The summed E-state index contributed by atoms with van der Waals surface area (Å²) in [5, 5.41) is 3.36. The van der Waals surface area contributed by atoms with Crippen LogP contribution in [-0.4, -0.2) is 25.7 Å². The number of nitrogens with one attached hydrogen (secondary N) is 1. The fourth-order valence-corrected chi connectivity index (χ4v) is 5.41. The molecule has 1 aromatic heterocycles. The minimum Gasteiger partial charge on any atom is -0.497 e. The number of carbonyl (C=O) groups is 2. The van der Waals surface area contributed by atoms with Gasteiger partial charge in [0, 0.05) is 35.2 Å². The Bertz CT molecular complexity index is 1450. The summed E-state index contributed by atoms with van der Waals surface area (Å²) in [4.78, 5) is 27.3. The van der Waals surface area contributed by atoms with E-state index in [1.165, 1.54) is 0 Å². The van der Waals surface area contributed by atoms with Crippen molar-refractivity contribution in [1.29, 1.82) is 0 Å². The van der Waals surface area contributed by atoms with Crippen LogP contribution in [0.25, 0.3) is 0 Å². The zero-order valence-electron chi connectivity index (χ0n) is 21.1. The Labute approximate surface area is 219 Å². The predicted octanol–water partition coefficient (Wildman–Crippen LogP) is 5.12. The third kappa shape index (κ3) is 4.32. The van der Waals surface area contributed by atoms with Crippen molar-refractivity contribution in [3.63, 3.8) is 0 Å². The van der Waals surface area contributed by atoms with E-state index >= 15 is 0 Å². The number of rotatable bonds is 6. The molecule has 38 heavy (non-hydrogen) atoms. The number of Topliss-reactive ketones (excluding diaryl/α,β-unsaturated/α-hetero) is 1. The maximum Gasteiger partial charge on any atom is 0.337 e. The fraction of sp³-hybridized carbons (Fsp3) is 0.267. The summed E-state index contributed by atoms with van der Waals surface area (Å²) in [6.45, 7) is 2.07. The molecule has 1 N–H and O–H groups in total. The highest BCUT2D eigenvalue weighted by Crippen LogP contribution is 2.47. The van der Waals surface area contributed by atoms with Crippen LogP contribution in [0.1, 0.15) is 48.5 Å². The van der Waals surface area contributed by atoms with Crippen molar-refractivity contribution >= 4 is 11.8 Å². The van der Waals surface area contributed by atoms with Gasteiger partial charge in [-0.05, 0) is 60.9 Å². The van der Waals surface area contributed by atoms with Crippen molar-refractivity contribution < 1.29 is 33.0 Å². The van der Waals surface area contributed by atoms with Crippen LogP contribution in [0.15, 0.2) is 87.8 Å². The lowest BCUT2D eigenvalue weighted by molar-refractivity contribution is -0.140. The number of dihydropyridines is 1. The number of methoxy groups -OCH3 is 1. The van der Waals surface area contributed by atoms with Gasteiger partial charge in [-0.2, -0.15) is 0 Å². The van der Waals surface area contributed by atoms with Crippen LogP contribution in [0.2, 0.25) is 0 Å². The van der Waals surface area contributed by atoms with Gasteiger partial charge >= 0.3 is 5.97 Å². The minimum atomic E-state index is -0.603. The van der Waals surface area contributed by atoms with E-state index in [2.05, 4.69) is 5.32 Å². The molecule has 0 spiro atoms. The topological polar surface area (TPSA) is 96.2 Å². The Balaban J connectivity index is 1.35. The van der Waals surface area contributed by atoms with Crippen molar-refractivity contribution in [1.82, 2.24) is 5.32 Å². The first-order valence-corrected chi connectivity index (χ1v) is 12.5. The first-order valence-electron chi connectivity index (χ1n) is 12.5. The molecule has 0 fully saturated rings. The third-order valence-corrected chi connectivity index (χ3v) is 7.25. The Morgan fingerprint density at radius 3 is 2.63 bits per heavy atom. The molecule has 2 atom stereocenters. The summed E-state index contributed by atoms with van der Waals surface area (Å²) < 4.78 is 27.7. The number of fused-ring (bicyclic) bond motifs is 1. The van der Waals surface area contributed by atoms with E-state index in [1.54, 1.807) is 13.4 Å². The minimum absolute atomic E-state index is 0.0317. The maximum absolute atomic E-state index is 13.7. The lowest BCUT2D eigenvalue weighted by Crippen LogP contribution is -2.36. The van der Waals surface area contributed by atoms with Gasteiger partial charge in [-0.15, -0.1) is 0 Å². The molecule has 0 bridgehead atoms. The highest BCUT2D eigenvalue weighted by atomic mass is 16.7. The number of esters is 1. The van der Waals surface area contributed by atoms with Gasteiger partial charge in [0.25, 0.3) is 0 Å². The summed E-state index contributed by atoms with van der Waals surface area (Å²) in [6.07, 6.45) is 2.51. The molecule has 3 aromatic rings. The Kier molecular flexibility index (Phi) is 6.15. The maximum atomic E-state index is 13.7. The molecule has 2 aliphatic heterocycles. The van der Waals surface area contributed by atoms with Crippen molar-refractivity contribution in [3.8, 4) is 17.2 Å². The standard InChI is InChI=1S/C30H27NO7/c1-17-27(30(33)36-15-18-5-8-21(34-2)9-6-18)28(19-7-10-25-26(14-19)38-16-37-25)29-22(31-17)12-20(13-23(29)32)24-4-3-11-35-24/h3-11,14,20,28,31H,12-13,15-16H2,1-2H3/t20-,28+/m1/s1. The molecule has 8 nitrogen and oxygen atoms in total. The van der Waals surface area contributed by atoms with Crippen LogP contribution in [0, 0.1) is 0 Å². The molecule has 0 amide bonds. The lowest BCUT2D eigenvalue weighted by Gasteiger charge is -2.36. The van der Waals surface area contributed by atoms with Crippen LogP contribution >= 0.6 is 0 Å². The second-order valence-corrected chi connectivity index (χ2v) is 9.57. The van der Waals surface area contributed by atoms with E-state index < -0.39 is 11.9 Å². The summed E-state index contributed by atoms with van der Waals surface area (Å²) in [7, 11) is 1.60. The molecular weight excluding hydrogens is 486 g/mol. The first-order chi connectivity index (χ1) is 18.5. The molecule has 0 radical (unpaired) electrons. The molecule has 3 aliphatic rings. The van der Waals surface area contributed by atoms with Crippen LogP contribution in [0.5, 0.6) is 17.2 Å². The molecule has 194 valence electrons. The van der Waals surface area contributed by atoms with E-state index in [1.807, 2.05) is 61.5 Å². The average Bonchev–Trinajstić information content (AvgIpc) is 3.63. The molecule has 3 heterocycles. The summed E-state index contributed by atoms with van der Waals surface area (Å²) in [6, 6.07) is 16.6. The van der Waals surface area contributed by atoms with Gasteiger partial charge < -0.3 is 28.7 Å². The van der Waals surface area contributed by atoms with Crippen molar-refractivity contribution in [3.05, 3.63) is 100 Å². The molecule has 1 aliphatic carbocycles. The van der Waals surface area contributed by atoms with Gasteiger partial charge in [0.05, 0.1) is 18.9 Å². The van der Waals surface area contributed by atoms with Gasteiger partial charge in [0.1, 0.15) is 18.1 Å². The molecule has 0 unspecified atom stereocenters. The fourth-order valence-electron chi connectivity index (χ4n) is 5.41. The second kappa shape index (κ2) is 9.78. The summed E-state index contributed by atoms with van der Waals surface area (Å²) in [5.74, 6) is 1.53. The summed E-state index contributed by atoms with van der Waals surface area (Å²) in [5.41, 5.74) is 4.03. The van der Waals surface area contributed by atoms with Gasteiger partial charge in [0.15, 0.2) is 17.3 Å². The van der Waals surface area contributed by atoms with Crippen LogP contribution < -0.4 is 19.5 Å². The van der Waals surface area contributed by atoms with Gasteiger partial charge in [-0.3, -0.25) is 4.79 Å². The van der Waals surface area contributed by atoms with Gasteiger partial charge in [-0.25, -0.2) is 4.79 Å². The SMILES string of the molecule is COc1ccc(COC(=O)C2=C(C)NC3=C(C(=O)C[C@H](c4ccco4)C3)[C@H]2c2ccc3c(c2)OCO3)cc1. The Morgan fingerprint density at radius 2 is 1.87 bits per heavy atom. The largest absolute Gasteiger partial charge is 0.497 e. The van der Waals surface area contributed by atoms with Crippen LogP contribution in [0.3, 0.4) is 0 Å². The second-order valence-electron chi connectivity index (χ2n) is 9.57. The Hall–Kier alpha value is -4.46. The third-order valence-electron chi connectivity index (χ3n) is 7.25. The number of ketones is 1. The molecule has 6 rings (SSSR count). The van der Waals surface area contributed by atoms with E-state index in [-0.39, 0.29) is 25.1 Å². The number of ether oxygens (including phenoxy) is 4. The van der Waals surface area contributed by atoms with Crippen molar-refractivity contribution in [2.75, 3.05) is 13.9 Å². The zero-order chi connectivity index (χ0) is 26.2. The van der Waals surface area contributed by atoms with Crippen LogP contribution in [0.4, 0.5) is 0 Å². The number of hydrogen-bond acceptors (Lipinski definition) is 8. The van der Waals surface area contributed by atoms with Gasteiger partial charge in [0.2, 0.25) is 6.79 Å². The molecule has 8 heteroatoms. The van der Waals surface area contributed by atoms with Crippen molar-refractivity contribution in [2.24, 2.45) is 0 Å². The number of allylic oxidation sites excluding steroid dienone is 3. The lowest BCUT2D eigenvalue weighted by atomic mass is 9.72. The highest BCUT2D eigenvalue weighted by Gasteiger charge is 2.42. The molecule has 0 saturated carbocycles. The monoisotopic (exact) mass is 513 g/mol. The molecule has 0 saturated heterocycles. The van der Waals surface area contributed by atoms with E-state index in [0.29, 0.717) is 41.2 Å². The number of carbonyl (C=O) groups excluding carboxylic acids is 2.